The molecule has 0 spiro atoms. The second-order valence-electron chi connectivity index (χ2n) is 3.90. The van der Waals surface area contributed by atoms with Gasteiger partial charge in [-0.25, -0.2) is 4.98 Å². The molecule has 0 bridgehead atoms. The van der Waals surface area contributed by atoms with E-state index in [0.29, 0.717) is 6.42 Å². The number of ether oxygens (including phenoxy) is 1. The van der Waals surface area contributed by atoms with Crippen molar-refractivity contribution in [3.8, 4) is 0 Å². The average molecular weight is 238 g/mol. The Labute approximate surface area is 97.9 Å². The molecule has 0 aliphatic rings. The molecule has 4 nitrogen and oxygen atoms in total. The van der Waals surface area contributed by atoms with Crippen molar-refractivity contribution in [2.24, 2.45) is 0 Å². The van der Waals surface area contributed by atoms with Gasteiger partial charge in [0, 0.05) is 17.8 Å². The highest BCUT2D eigenvalue weighted by Crippen LogP contribution is 2.11. The van der Waals surface area contributed by atoms with Gasteiger partial charge in [-0.15, -0.1) is 11.3 Å². The maximum Gasteiger partial charge on any atom is 0.193 e. The molecule has 2 rings (SSSR count). The first-order valence-corrected chi connectivity index (χ1v) is 6.07. The molecule has 0 saturated carbocycles. The van der Waals surface area contributed by atoms with Crippen molar-refractivity contribution >= 4 is 22.1 Å². The molecule has 86 valence electrons. The SMILES string of the molecule is CC(C)OCC(=O)Cc1cn2ccsc2n1. The number of ketones is 1. The highest BCUT2D eigenvalue weighted by Gasteiger charge is 2.09. The van der Waals surface area contributed by atoms with E-state index in [-0.39, 0.29) is 18.5 Å². The van der Waals surface area contributed by atoms with Gasteiger partial charge in [-0.3, -0.25) is 9.20 Å². The number of fused-ring (bicyclic) bond motifs is 1. The summed E-state index contributed by atoms with van der Waals surface area (Å²) in [4.78, 5) is 16.8. The monoisotopic (exact) mass is 238 g/mol. The van der Waals surface area contributed by atoms with Gasteiger partial charge >= 0.3 is 0 Å². The van der Waals surface area contributed by atoms with Crippen molar-refractivity contribution in [2.75, 3.05) is 6.61 Å². The van der Waals surface area contributed by atoms with Gasteiger partial charge in [-0.2, -0.15) is 0 Å². The van der Waals surface area contributed by atoms with Crippen LogP contribution in [0.15, 0.2) is 17.8 Å². The number of hydrogen-bond donors (Lipinski definition) is 0. The third-order valence-electron chi connectivity index (χ3n) is 2.10. The van der Waals surface area contributed by atoms with Crippen molar-refractivity contribution in [2.45, 2.75) is 26.4 Å². The molecule has 0 atom stereocenters. The van der Waals surface area contributed by atoms with Crippen LogP contribution in [0.25, 0.3) is 4.96 Å². The zero-order valence-corrected chi connectivity index (χ0v) is 10.2. The van der Waals surface area contributed by atoms with E-state index in [9.17, 15) is 4.79 Å². The van der Waals surface area contributed by atoms with Crippen LogP contribution in [0.1, 0.15) is 19.5 Å². The summed E-state index contributed by atoms with van der Waals surface area (Å²) in [6.45, 7) is 4.00. The highest BCUT2D eigenvalue weighted by atomic mass is 32.1. The van der Waals surface area contributed by atoms with Crippen LogP contribution in [0.2, 0.25) is 0 Å². The Kier molecular flexibility index (Phi) is 3.36. The van der Waals surface area contributed by atoms with E-state index in [4.69, 9.17) is 4.74 Å². The van der Waals surface area contributed by atoms with Gasteiger partial charge < -0.3 is 4.74 Å². The molecule has 2 aromatic heterocycles. The minimum Gasteiger partial charge on any atom is -0.371 e. The lowest BCUT2D eigenvalue weighted by atomic mass is 10.2. The van der Waals surface area contributed by atoms with Gasteiger partial charge in [0.1, 0.15) is 6.61 Å². The van der Waals surface area contributed by atoms with Crippen LogP contribution in [0, 0.1) is 0 Å². The summed E-state index contributed by atoms with van der Waals surface area (Å²) in [5.41, 5.74) is 0.809. The molecule has 0 amide bonds. The number of Topliss-reactive ketones (excluding diaryl/α,β-unsaturated/α-hetero) is 1. The van der Waals surface area contributed by atoms with Gasteiger partial charge in [0.25, 0.3) is 0 Å². The maximum absolute atomic E-state index is 11.5. The fourth-order valence-electron chi connectivity index (χ4n) is 1.37. The Morgan fingerprint density at radius 2 is 2.44 bits per heavy atom. The topological polar surface area (TPSA) is 43.6 Å². The van der Waals surface area contributed by atoms with E-state index < -0.39 is 0 Å². The zero-order chi connectivity index (χ0) is 11.5. The number of carbonyl (C=O) groups is 1. The standard InChI is InChI=1S/C11H14N2O2S/c1-8(2)15-7-10(14)5-9-6-13-3-4-16-11(13)12-9/h3-4,6,8H,5,7H2,1-2H3. The highest BCUT2D eigenvalue weighted by molar-refractivity contribution is 7.15. The predicted molar refractivity (Wildman–Crippen MR) is 62.9 cm³/mol. The summed E-state index contributed by atoms with van der Waals surface area (Å²) in [6.07, 6.45) is 4.26. The lowest BCUT2D eigenvalue weighted by Gasteiger charge is -2.05. The van der Waals surface area contributed by atoms with Crippen molar-refractivity contribution < 1.29 is 9.53 Å². The number of carbonyl (C=O) groups excluding carboxylic acids is 1. The van der Waals surface area contributed by atoms with E-state index in [1.807, 2.05) is 36.0 Å². The Bertz CT molecular complexity index is 458. The Morgan fingerprint density at radius 1 is 1.62 bits per heavy atom. The first kappa shape index (κ1) is 11.3. The molecular formula is C11H14N2O2S. The third-order valence-corrected chi connectivity index (χ3v) is 2.87. The molecule has 0 aromatic carbocycles. The van der Waals surface area contributed by atoms with E-state index in [1.165, 1.54) is 0 Å². The lowest BCUT2D eigenvalue weighted by Crippen LogP contribution is -2.15. The fraction of sp³-hybridized carbons (Fsp3) is 0.455. The molecule has 0 unspecified atom stereocenters. The van der Waals surface area contributed by atoms with Crippen LogP contribution in [0.5, 0.6) is 0 Å². The first-order chi connectivity index (χ1) is 7.65. The quantitative estimate of drug-likeness (QED) is 0.799. The summed E-state index contributed by atoms with van der Waals surface area (Å²) < 4.78 is 7.18. The minimum atomic E-state index is 0.0689. The molecule has 16 heavy (non-hydrogen) atoms. The molecule has 5 heteroatoms. The van der Waals surface area contributed by atoms with E-state index in [0.717, 1.165) is 10.7 Å². The Hall–Kier alpha value is -1.20. The van der Waals surface area contributed by atoms with Crippen molar-refractivity contribution in [1.29, 1.82) is 0 Å². The second-order valence-corrected chi connectivity index (χ2v) is 4.77. The largest absolute Gasteiger partial charge is 0.371 e. The number of nitrogens with zero attached hydrogens (tertiary/aromatic N) is 2. The Balaban J connectivity index is 1.94. The Morgan fingerprint density at radius 3 is 3.12 bits per heavy atom. The van der Waals surface area contributed by atoms with E-state index in [2.05, 4.69) is 4.98 Å². The predicted octanol–water partition coefficient (Wildman–Crippen LogP) is 1.93. The first-order valence-electron chi connectivity index (χ1n) is 5.19. The van der Waals surface area contributed by atoms with Gasteiger partial charge in [-0.1, -0.05) is 0 Å². The van der Waals surface area contributed by atoms with Crippen LogP contribution in [0.4, 0.5) is 0 Å². The maximum atomic E-state index is 11.5. The summed E-state index contributed by atoms with van der Waals surface area (Å²) in [6, 6.07) is 0. The summed E-state index contributed by atoms with van der Waals surface area (Å²) in [7, 11) is 0. The summed E-state index contributed by atoms with van der Waals surface area (Å²) in [5, 5.41) is 1.97. The number of aromatic nitrogens is 2. The molecule has 0 aliphatic heterocycles. The van der Waals surface area contributed by atoms with Crippen LogP contribution < -0.4 is 0 Å². The number of thiazole rings is 1. The van der Waals surface area contributed by atoms with Gasteiger partial charge in [0.2, 0.25) is 0 Å². The summed E-state index contributed by atoms with van der Waals surface area (Å²) >= 11 is 1.56. The van der Waals surface area contributed by atoms with Crippen LogP contribution in [0.3, 0.4) is 0 Å². The van der Waals surface area contributed by atoms with Gasteiger partial charge in [0.05, 0.1) is 18.2 Å². The van der Waals surface area contributed by atoms with Crippen LogP contribution >= 0.6 is 11.3 Å². The van der Waals surface area contributed by atoms with E-state index >= 15 is 0 Å². The summed E-state index contributed by atoms with van der Waals surface area (Å²) in [5.74, 6) is 0.0689. The molecule has 2 aromatic rings. The number of rotatable bonds is 5. The zero-order valence-electron chi connectivity index (χ0n) is 9.34. The molecular weight excluding hydrogens is 224 g/mol. The molecule has 0 fully saturated rings. The normalized spacial score (nSPS) is 11.4. The number of hydrogen-bond acceptors (Lipinski definition) is 4. The van der Waals surface area contributed by atoms with Gasteiger partial charge in [0.15, 0.2) is 10.7 Å². The molecule has 0 radical (unpaired) electrons. The third kappa shape index (κ3) is 2.68. The van der Waals surface area contributed by atoms with Crippen molar-refractivity contribution in [3.63, 3.8) is 0 Å². The smallest absolute Gasteiger partial charge is 0.193 e. The minimum absolute atomic E-state index is 0.0689. The van der Waals surface area contributed by atoms with Crippen molar-refractivity contribution in [3.05, 3.63) is 23.5 Å². The van der Waals surface area contributed by atoms with Crippen LogP contribution in [-0.2, 0) is 16.0 Å². The fourth-order valence-corrected chi connectivity index (χ4v) is 2.09. The second kappa shape index (κ2) is 4.76. The molecule has 2 heterocycles. The molecule has 0 N–H and O–H groups in total. The number of imidazole rings is 1. The van der Waals surface area contributed by atoms with Crippen LogP contribution in [-0.4, -0.2) is 27.9 Å². The van der Waals surface area contributed by atoms with E-state index in [1.54, 1.807) is 11.3 Å². The van der Waals surface area contributed by atoms with Crippen molar-refractivity contribution in [1.82, 2.24) is 9.38 Å². The molecule has 0 saturated heterocycles. The lowest BCUT2D eigenvalue weighted by molar-refractivity contribution is -0.124. The molecule has 0 aliphatic carbocycles. The average Bonchev–Trinajstić information content (AvgIpc) is 2.74. The van der Waals surface area contributed by atoms with Gasteiger partial charge in [-0.05, 0) is 13.8 Å².